The molecule has 4 heteroatoms. The van der Waals surface area contributed by atoms with Gasteiger partial charge in [0, 0.05) is 21.3 Å². The normalized spacial score (nSPS) is 13.9. The van der Waals surface area contributed by atoms with Crippen LogP contribution in [0.1, 0.15) is 6.92 Å². The van der Waals surface area contributed by atoms with Crippen LogP contribution in [-0.4, -0.2) is 40.4 Å². The molecule has 0 aliphatic carbocycles. The van der Waals surface area contributed by atoms with Gasteiger partial charge in [0.1, 0.15) is 0 Å². The van der Waals surface area contributed by atoms with E-state index in [2.05, 4.69) is 5.32 Å². The van der Waals surface area contributed by atoms with Crippen molar-refractivity contribution < 1.29 is 14.2 Å². The SMILES string of the molecule is COCNC(C)C(OC)OC. The van der Waals surface area contributed by atoms with Crippen molar-refractivity contribution in [1.82, 2.24) is 5.32 Å². The molecular weight excluding hydrogens is 146 g/mol. The molecule has 1 N–H and O–H groups in total. The van der Waals surface area contributed by atoms with E-state index in [1.54, 1.807) is 21.3 Å². The summed E-state index contributed by atoms with van der Waals surface area (Å²) in [6.45, 7) is 2.47. The molecule has 0 aromatic heterocycles. The highest BCUT2D eigenvalue weighted by Gasteiger charge is 2.13. The van der Waals surface area contributed by atoms with Gasteiger partial charge in [-0.2, -0.15) is 0 Å². The van der Waals surface area contributed by atoms with Crippen LogP contribution in [-0.2, 0) is 14.2 Å². The monoisotopic (exact) mass is 163 g/mol. The molecule has 0 bridgehead atoms. The first kappa shape index (κ1) is 10.8. The minimum atomic E-state index is -0.217. The van der Waals surface area contributed by atoms with Crippen molar-refractivity contribution in [2.75, 3.05) is 28.1 Å². The maximum Gasteiger partial charge on any atom is 0.171 e. The van der Waals surface area contributed by atoms with Gasteiger partial charge in [-0.15, -0.1) is 0 Å². The van der Waals surface area contributed by atoms with Gasteiger partial charge in [-0.1, -0.05) is 0 Å². The summed E-state index contributed by atoms with van der Waals surface area (Å²) in [5.41, 5.74) is 0. The number of rotatable bonds is 6. The first-order valence-electron chi connectivity index (χ1n) is 3.54. The van der Waals surface area contributed by atoms with Gasteiger partial charge in [0.25, 0.3) is 0 Å². The Kier molecular flexibility index (Phi) is 6.45. The van der Waals surface area contributed by atoms with Crippen molar-refractivity contribution in [3.05, 3.63) is 0 Å². The number of ether oxygens (including phenoxy) is 3. The maximum absolute atomic E-state index is 5.02. The summed E-state index contributed by atoms with van der Waals surface area (Å²) < 4.78 is 14.9. The largest absolute Gasteiger partial charge is 0.370 e. The topological polar surface area (TPSA) is 39.7 Å². The average molecular weight is 163 g/mol. The Morgan fingerprint density at radius 2 is 1.73 bits per heavy atom. The number of methoxy groups -OCH3 is 3. The van der Waals surface area contributed by atoms with Crippen LogP contribution in [0.3, 0.4) is 0 Å². The van der Waals surface area contributed by atoms with E-state index < -0.39 is 0 Å². The molecule has 4 nitrogen and oxygen atoms in total. The maximum atomic E-state index is 5.02. The van der Waals surface area contributed by atoms with Crippen molar-refractivity contribution >= 4 is 0 Å². The molecule has 0 radical (unpaired) electrons. The van der Waals surface area contributed by atoms with E-state index in [0.29, 0.717) is 6.73 Å². The predicted molar refractivity (Wildman–Crippen MR) is 42.3 cm³/mol. The third-order valence-electron chi connectivity index (χ3n) is 1.42. The van der Waals surface area contributed by atoms with Gasteiger partial charge in [0.2, 0.25) is 0 Å². The van der Waals surface area contributed by atoms with Crippen LogP contribution in [0.4, 0.5) is 0 Å². The highest BCUT2D eigenvalue weighted by atomic mass is 16.7. The third-order valence-corrected chi connectivity index (χ3v) is 1.42. The van der Waals surface area contributed by atoms with Gasteiger partial charge in [0.05, 0.1) is 12.8 Å². The first-order chi connectivity index (χ1) is 5.26. The Morgan fingerprint density at radius 1 is 1.18 bits per heavy atom. The van der Waals surface area contributed by atoms with Gasteiger partial charge in [-0.05, 0) is 6.92 Å². The predicted octanol–water partition coefficient (Wildman–Crippen LogP) is 0.187. The molecule has 0 aromatic rings. The van der Waals surface area contributed by atoms with Gasteiger partial charge >= 0.3 is 0 Å². The van der Waals surface area contributed by atoms with Crippen molar-refractivity contribution in [2.45, 2.75) is 19.3 Å². The second-order valence-electron chi connectivity index (χ2n) is 2.27. The van der Waals surface area contributed by atoms with Crippen LogP contribution < -0.4 is 5.32 Å². The van der Waals surface area contributed by atoms with E-state index in [1.165, 1.54) is 0 Å². The van der Waals surface area contributed by atoms with Gasteiger partial charge < -0.3 is 14.2 Å². The molecule has 11 heavy (non-hydrogen) atoms. The van der Waals surface area contributed by atoms with E-state index in [4.69, 9.17) is 14.2 Å². The van der Waals surface area contributed by atoms with Crippen molar-refractivity contribution in [1.29, 1.82) is 0 Å². The Balaban J connectivity index is 3.51. The summed E-state index contributed by atoms with van der Waals surface area (Å²) in [7, 11) is 4.85. The minimum absolute atomic E-state index is 0.130. The molecule has 0 saturated heterocycles. The second kappa shape index (κ2) is 6.54. The highest BCUT2D eigenvalue weighted by Crippen LogP contribution is 1.97. The number of nitrogens with one attached hydrogen (secondary N) is 1. The van der Waals surface area contributed by atoms with Crippen LogP contribution >= 0.6 is 0 Å². The fourth-order valence-corrected chi connectivity index (χ4v) is 0.815. The standard InChI is InChI=1S/C7H17NO3/c1-6(8-5-9-2)7(10-3)11-4/h6-8H,5H2,1-4H3. The Bertz CT molecular complexity index is 85.8. The number of hydrogen-bond acceptors (Lipinski definition) is 4. The lowest BCUT2D eigenvalue weighted by Gasteiger charge is -2.21. The summed E-state index contributed by atoms with van der Waals surface area (Å²) in [6, 6.07) is 0.130. The zero-order valence-electron chi connectivity index (χ0n) is 7.59. The Labute approximate surface area is 67.8 Å². The van der Waals surface area contributed by atoms with E-state index in [1.807, 2.05) is 6.92 Å². The smallest absolute Gasteiger partial charge is 0.171 e. The first-order valence-corrected chi connectivity index (χ1v) is 3.54. The quantitative estimate of drug-likeness (QED) is 0.567. The summed E-state index contributed by atoms with van der Waals surface area (Å²) >= 11 is 0. The number of hydrogen-bond donors (Lipinski definition) is 1. The lowest BCUT2D eigenvalue weighted by Crippen LogP contribution is -2.40. The van der Waals surface area contributed by atoms with E-state index in [0.717, 1.165) is 0 Å². The van der Waals surface area contributed by atoms with Crippen LogP contribution in [0.15, 0.2) is 0 Å². The molecule has 0 rings (SSSR count). The highest BCUT2D eigenvalue weighted by molar-refractivity contribution is 4.61. The third kappa shape index (κ3) is 4.31. The van der Waals surface area contributed by atoms with Crippen LogP contribution in [0.25, 0.3) is 0 Å². The summed E-state index contributed by atoms with van der Waals surface area (Å²) in [5.74, 6) is 0. The van der Waals surface area contributed by atoms with Crippen LogP contribution in [0.5, 0.6) is 0 Å². The second-order valence-corrected chi connectivity index (χ2v) is 2.27. The average Bonchev–Trinajstić information content (AvgIpc) is 2.03. The zero-order chi connectivity index (χ0) is 8.69. The van der Waals surface area contributed by atoms with Crippen LogP contribution in [0, 0.1) is 0 Å². The van der Waals surface area contributed by atoms with E-state index in [9.17, 15) is 0 Å². The van der Waals surface area contributed by atoms with E-state index >= 15 is 0 Å². The molecule has 0 aliphatic heterocycles. The Hall–Kier alpha value is -0.160. The molecule has 68 valence electrons. The molecule has 0 aromatic carbocycles. The fourth-order valence-electron chi connectivity index (χ4n) is 0.815. The zero-order valence-corrected chi connectivity index (χ0v) is 7.59. The van der Waals surface area contributed by atoms with Crippen molar-refractivity contribution in [2.24, 2.45) is 0 Å². The van der Waals surface area contributed by atoms with Crippen LogP contribution in [0.2, 0.25) is 0 Å². The lowest BCUT2D eigenvalue weighted by atomic mass is 10.3. The molecule has 0 aliphatic rings. The molecule has 0 heterocycles. The summed E-state index contributed by atoms with van der Waals surface area (Å²) in [4.78, 5) is 0. The van der Waals surface area contributed by atoms with Gasteiger partial charge in [-0.3, -0.25) is 5.32 Å². The van der Waals surface area contributed by atoms with Crippen molar-refractivity contribution in [3.8, 4) is 0 Å². The van der Waals surface area contributed by atoms with Gasteiger partial charge in [-0.25, -0.2) is 0 Å². The molecule has 1 unspecified atom stereocenters. The fraction of sp³-hybridized carbons (Fsp3) is 1.00. The molecule has 0 spiro atoms. The molecule has 0 saturated carbocycles. The minimum Gasteiger partial charge on any atom is -0.370 e. The molecule has 0 fully saturated rings. The molecular formula is C7H17NO3. The van der Waals surface area contributed by atoms with Gasteiger partial charge in [0.15, 0.2) is 6.29 Å². The van der Waals surface area contributed by atoms with E-state index in [-0.39, 0.29) is 12.3 Å². The lowest BCUT2D eigenvalue weighted by molar-refractivity contribution is -0.122. The summed E-state index contributed by atoms with van der Waals surface area (Å²) in [6.07, 6.45) is -0.217. The molecule has 0 amide bonds. The van der Waals surface area contributed by atoms with Crippen molar-refractivity contribution in [3.63, 3.8) is 0 Å². The Morgan fingerprint density at radius 3 is 2.09 bits per heavy atom. The summed E-state index contributed by atoms with van der Waals surface area (Å²) in [5, 5.41) is 3.06. The molecule has 1 atom stereocenters.